The molecule has 1 aliphatic heterocycles. The van der Waals surface area contributed by atoms with Crippen molar-refractivity contribution in [3.05, 3.63) is 82.9 Å². The lowest BCUT2D eigenvalue weighted by Gasteiger charge is -2.29. The fourth-order valence-corrected chi connectivity index (χ4v) is 4.90. The van der Waals surface area contributed by atoms with Crippen LogP contribution in [-0.4, -0.2) is 51.6 Å². The monoisotopic (exact) mass is 433 g/mol. The molecule has 0 unspecified atom stereocenters. The van der Waals surface area contributed by atoms with Gasteiger partial charge in [0, 0.05) is 36.4 Å². The summed E-state index contributed by atoms with van der Waals surface area (Å²) in [7, 11) is 4.20. The molecule has 1 saturated heterocycles. The number of hydrogen-bond acceptors (Lipinski definition) is 3. The molecule has 1 N–H and O–H groups in total. The fourth-order valence-electron chi connectivity index (χ4n) is 4.56. The molecule has 0 bridgehead atoms. The molecule has 3 aromatic rings. The third kappa shape index (κ3) is 4.10. The summed E-state index contributed by atoms with van der Waals surface area (Å²) in [6.45, 7) is 8.37. The van der Waals surface area contributed by atoms with Crippen LogP contribution < -0.4 is 5.32 Å². The summed E-state index contributed by atoms with van der Waals surface area (Å²) in [5, 5.41) is 4.36. The number of aromatic nitrogens is 2. The third-order valence-corrected chi connectivity index (χ3v) is 6.48. The lowest BCUT2D eigenvalue weighted by molar-refractivity contribution is 0.277. The van der Waals surface area contributed by atoms with Gasteiger partial charge in [0.15, 0.2) is 5.11 Å². The Balaban J connectivity index is 1.82. The van der Waals surface area contributed by atoms with E-state index in [-0.39, 0.29) is 12.1 Å². The van der Waals surface area contributed by atoms with Crippen LogP contribution in [0.3, 0.4) is 0 Å². The first kappa shape index (κ1) is 21.5. The molecule has 0 saturated carbocycles. The maximum absolute atomic E-state index is 5.81. The molecule has 0 aliphatic carbocycles. The first-order chi connectivity index (χ1) is 14.9. The molecule has 1 fully saturated rings. The summed E-state index contributed by atoms with van der Waals surface area (Å²) < 4.78 is 2.37. The number of pyridine rings is 1. The summed E-state index contributed by atoms with van der Waals surface area (Å²) in [4.78, 5) is 9.20. The number of nitrogens with one attached hydrogen (secondary N) is 1. The summed E-state index contributed by atoms with van der Waals surface area (Å²) in [5.74, 6) is 0. The van der Waals surface area contributed by atoms with Gasteiger partial charge in [-0.05, 0) is 82.5 Å². The molecule has 31 heavy (non-hydrogen) atoms. The summed E-state index contributed by atoms with van der Waals surface area (Å²) in [6, 6.07) is 17.1. The third-order valence-electron chi connectivity index (χ3n) is 6.13. The minimum absolute atomic E-state index is 0.0154. The molecular weight excluding hydrogens is 402 g/mol. The van der Waals surface area contributed by atoms with E-state index in [1.807, 2.05) is 18.3 Å². The predicted octanol–water partition coefficient (Wildman–Crippen LogP) is 4.33. The lowest BCUT2D eigenvalue weighted by atomic mass is 9.96. The Hall–Kier alpha value is -2.70. The normalized spacial score (nSPS) is 18.6. The highest BCUT2D eigenvalue weighted by molar-refractivity contribution is 7.80. The topological polar surface area (TPSA) is 36.3 Å². The highest BCUT2D eigenvalue weighted by Gasteiger charge is 2.41. The molecule has 3 heterocycles. The average Bonchev–Trinajstić information content (AvgIpc) is 3.23. The Morgan fingerprint density at radius 2 is 1.81 bits per heavy atom. The van der Waals surface area contributed by atoms with E-state index in [9.17, 15) is 0 Å². The summed E-state index contributed by atoms with van der Waals surface area (Å²) in [5.41, 5.74) is 7.28. The van der Waals surface area contributed by atoms with Crippen molar-refractivity contribution in [3.63, 3.8) is 0 Å². The average molecular weight is 434 g/mol. The van der Waals surface area contributed by atoms with E-state index in [1.54, 1.807) is 0 Å². The van der Waals surface area contributed by atoms with E-state index < -0.39 is 0 Å². The number of thiocarbonyl (C=S) groups is 1. The van der Waals surface area contributed by atoms with E-state index >= 15 is 0 Å². The second kappa shape index (κ2) is 8.81. The van der Waals surface area contributed by atoms with Gasteiger partial charge in [0.05, 0.1) is 17.8 Å². The number of likely N-dealkylation sites (N-methyl/N-ethyl adjacent to an activating group) is 1. The fraction of sp³-hybridized carbons (Fsp3) is 0.360. The van der Waals surface area contributed by atoms with Gasteiger partial charge in [-0.3, -0.25) is 4.98 Å². The second-order valence-electron chi connectivity index (χ2n) is 8.57. The number of aryl methyl sites for hydroxylation is 2. The van der Waals surface area contributed by atoms with Gasteiger partial charge in [-0.25, -0.2) is 0 Å². The maximum atomic E-state index is 5.81. The molecule has 1 aliphatic rings. The number of hydrogen-bond donors (Lipinski definition) is 1. The van der Waals surface area contributed by atoms with E-state index in [0.29, 0.717) is 0 Å². The zero-order chi connectivity index (χ0) is 22.1. The molecule has 2 aromatic heterocycles. The molecule has 0 amide bonds. The Morgan fingerprint density at radius 3 is 2.48 bits per heavy atom. The largest absolute Gasteiger partial charge is 0.352 e. The van der Waals surface area contributed by atoms with E-state index in [0.717, 1.165) is 23.9 Å². The van der Waals surface area contributed by atoms with Crippen LogP contribution >= 0.6 is 12.2 Å². The van der Waals surface area contributed by atoms with Gasteiger partial charge in [0.2, 0.25) is 0 Å². The molecule has 0 spiro atoms. The van der Waals surface area contributed by atoms with Crippen molar-refractivity contribution in [1.29, 1.82) is 0 Å². The molecule has 6 heteroatoms. The van der Waals surface area contributed by atoms with Crippen molar-refractivity contribution in [3.8, 4) is 5.69 Å². The Labute approximate surface area is 190 Å². The lowest BCUT2D eigenvalue weighted by Crippen LogP contribution is -2.35. The number of nitrogens with zero attached hydrogens (tertiary/aromatic N) is 4. The van der Waals surface area contributed by atoms with Crippen molar-refractivity contribution in [2.45, 2.75) is 32.9 Å². The molecular formula is C25H31N5S. The van der Waals surface area contributed by atoms with Gasteiger partial charge in [0.1, 0.15) is 0 Å². The number of rotatable bonds is 6. The molecule has 0 radical (unpaired) electrons. The molecule has 2 atom stereocenters. The molecule has 1 aromatic carbocycles. The van der Waals surface area contributed by atoms with E-state index in [1.165, 1.54) is 28.2 Å². The predicted molar refractivity (Wildman–Crippen MR) is 131 cm³/mol. The summed E-state index contributed by atoms with van der Waals surface area (Å²) in [6.07, 6.45) is 1.86. The van der Waals surface area contributed by atoms with Crippen molar-refractivity contribution < 1.29 is 0 Å². The van der Waals surface area contributed by atoms with Crippen molar-refractivity contribution in [1.82, 2.24) is 24.7 Å². The standard InChI is InChI=1S/C25H31N5S/c1-17-10-6-7-12-22(17)30-18(2)16-20(19(30)3)24-23(21-11-8-9-13-26-21)27-25(31)29(24)15-14-28(4)5/h6-13,16,23-24H,14-15H2,1-5H3,(H,27,31)/t23-,24+/m1/s1. The van der Waals surface area contributed by atoms with Crippen LogP contribution in [0.25, 0.3) is 5.69 Å². The van der Waals surface area contributed by atoms with Gasteiger partial charge in [-0.15, -0.1) is 0 Å². The molecule has 162 valence electrons. The van der Waals surface area contributed by atoms with Crippen LogP contribution in [0.15, 0.2) is 54.7 Å². The van der Waals surface area contributed by atoms with Crippen LogP contribution in [0, 0.1) is 20.8 Å². The van der Waals surface area contributed by atoms with Crippen LogP contribution in [0.5, 0.6) is 0 Å². The van der Waals surface area contributed by atoms with Crippen LogP contribution in [0.1, 0.15) is 40.3 Å². The Morgan fingerprint density at radius 1 is 1.06 bits per heavy atom. The highest BCUT2D eigenvalue weighted by atomic mass is 32.1. The van der Waals surface area contributed by atoms with Crippen molar-refractivity contribution in [2.24, 2.45) is 0 Å². The van der Waals surface area contributed by atoms with Gasteiger partial charge in [0.25, 0.3) is 0 Å². The number of para-hydroxylation sites is 1. The van der Waals surface area contributed by atoms with Crippen LogP contribution in [0.4, 0.5) is 0 Å². The second-order valence-corrected chi connectivity index (χ2v) is 8.96. The van der Waals surface area contributed by atoms with Crippen LogP contribution in [-0.2, 0) is 0 Å². The first-order valence-corrected chi connectivity index (χ1v) is 11.2. The summed E-state index contributed by atoms with van der Waals surface area (Å²) >= 11 is 5.81. The van der Waals surface area contributed by atoms with Gasteiger partial charge >= 0.3 is 0 Å². The maximum Gasteiger partial charge on any atom is 0.170 e. The zero-order valence-corrected chi connectivity index (χ0v) is 19.8. The smallest absolute Gasteiger partial charge is 0.170 e. The molecule has 5 nitrogen and oxygen atoms in total. The first-order valence-electron chi connectivity index (χ1n) is 10.8. The zero-order valence-electron chi connectivity index (χ0n) is 19.0. The number of benzene rings is 1. The Kier molecular flexibility index (Phi) is 6.12. The van der Waals surface area contributed by atoms with Gasteiger partial charge in [-0.2, -0.15) is 0 Å². The minimum atomic E-state index is 0.0154. The Bertz CT molecular complexity index is 1070. The van der Waals surface area contributed by atoms with Gasteiger partial charge in [-0.1, -0.05) is 24.3 Å². The van der Waals surface area contributed by atoms with Crippen molar-refractivity contribution >= 4 is 17.3 Å². The minimum Gasteiger partial charge on any atom is -0.352 e. The van der Waals surface area contributed by atoms with E-state index in [2.05, 4.69) is 95.9 Å². The molecule has 4 rings (SSSR count). The van der Waals surface area contributed by atoms with Crippen LogP contribution in [0.2, 0.25) is 0 Å². The highest BCUT2D eigenvalue weighted by Crippen LogP contribution is 2.41. The van der Waals surface area contributed by atoms with Crippen molar-refractivity contribution in [2.75, 3.05) is 27.2 Å². The quantitative estimate of drug-likeness (QED) is 0.586. The van der Waals surface area contributed by atoms with E-state index in [4.69, 9.17) is 12.2 Å². The van der Waals surface area contributed by atoms with Gasteiger partial charge < -0.3 is 19.7 Å². The SMILES string of the molecule is Cc1ccccc1-n1c(C)cc([C@H]2[C@@H](c3ccccn3)NC(=S)N2CCN(C)C)c1C.